The third kappa shape index (κ3) is 7.10. The van der Waals surface area contributed by atoms with Gasteiger partial charge in [0.05, 0.1) is 26.2 Å². The Morgan fingerprint density at radius 1 is 1.12 bits per heavy atom. The minimum atomic E-state index is -3.88. The van der Waals surface area contributed by atoms with E-state index in [9.17, 15) is 18.0 Å². The molecule has 0 aliphatic rings. The van der Waals surface area contributed by atoms with Crippen LogP contribution in [-0.2, 0) is 26.2 Å². The van der Waals surface area contributed by atoms with Crippen molar-refractivity contribution in [2.24, 2.45) is 0 Å². The largest absolute Gasteiger partial charge is 0.497 e. The van der Waals surface area contributed by atoms with E-state index in [-0.39, 0.29) is 23.9 Å². The van der Waals surface area contributed by atoms with Crippen LogP contribution in [0, 0.1) is 0 Å². The van der Waals surface area contributed by atoms with Crippen molar-refractivity contribution in [3.05, 3.63) is 52.5 Å². The van der Waals surface area contributed by atoms with Gasteiger partial charge in [0.15, 0.2) is 0 Å². The first-order valence-electron chi connectivity index (χ1n) is 10.5. The highest BCUT2D eigenvalue weighted by molar-refractivity contribution is 9.10. The van der Waals surface area contributed by atoms with E-state index in [1.165, 1.54) is 31.3 Å². The van der Waals surface area contributed by atoms with Gasteiger partial charge in [0, 0.05) is 23.6 Å². The van der Waals surface area contributed by atoms with Gasteiger partial charge in [-0.15, -0.1) is 0 Å². The number of nitrogens with zero attached hydrogens (tertiary/aromatic N) is 2. The molecule has 0 aliphatic carbocycles. The minimum Gasteiger partial charge on any atom is -0.497 e. The third-order valence-electron chi connectivity index (χ3n) is 5.10. The Labute approximate surface area is 209 Å². The van der Waals surface area contributed by atoms with Crippen molar-refractivity contribution in [3.8, 4) is 11.5 Å². The average molecular weight is 556 g/mol. The molecular formula is C23H30BrN3O6S. The van der Waals surface area contributed by atoms with Crippen LogP contribution in [0.4, 0.5) is 5.69 Å². The van der Waals surface area contributed by atoms with E-state index in [4.69, 9.17) is 9.47 Å². The molecule has 11 heteroatoms. The molecule has 1 atom stereocenters. The number of anilines is 1. The molecule has 0 saturated heterocycles. The number of rotatable bonds is 11. The summed E-state index contributed by atoms with van der Waals surface area (Å²) in [5, 5.41) is 2.72. The molecule has 0 fully saturated rings. The molecule has 2 rings (SSSR count). The molecular weight excluding hydrogens is 526 g/mol. The first kappa shape index (κ1) is 27.5. The lowest BCUT2D eigenvalue weighted by Crippen LogP contribution is -2.51. The Bertz CT molecular complexity index is 1130. The van der Waals surface area contributed by atoms with Crippen molar-refractivity contribution >= 4 is 43.5 Å². The lowest BCUT2D eigenvalue weighted by molar-refractivity contribution is -0.139. The maximum absolute atomic E-state index is 13.5. The van der Waals surface area contributed by atoms with Gasteiger partial charge in [-0.25, -0.2) is 8.42 Å². The zero-order valence-corrected chi connectivity index (χ0v) is 22.3. The van der Waals surface area contributed by atoms with Crippen molar-refractivity contribution < 1.29 is 27.5 Å². The van der Waals surface area contributed by atoms with Crippen molar-refractivity contribution in [1.29, 1.82) is 0 Å². The molecule has 0 aromatic heterocycles. The number of benzene rings is 2. The van der Waals surface area contributed by atoms with Crippen LogP contribution in [0.2, 0.25) is 0 Å². The quantitative estimate of drug-likeness (QED) is 0.457. The summed E-state index contributed by atoms with van der Waals surface area (Å²) in [7, 11) is -0.996. The Hall–Kier alpha value is -2.79. The number of amides is 2. The minimum absolute atomic E-state index is 0.119. The van der Waals surface area contributed by atoms with Crippen molar-refractivity contribution in [1.82, 2.24) is 10.2 Å². The van der Waals surface area contributed by atoms with Gasteiger partial charge in [-0.1, -0.05) is 28.1 Å². The number of hydrogen-bond donors (Lipinski definition) is 1. The highest BCUT2D eigenvalue weighted by Gasteiger charge is 2.31. The molecule has 0 spiro atoms. The Kier molecular flexibility index (Phi) is 9.75. The van der Waals surface area contributed by atoms with Gasteiger partial charge in [-0.3, -0.25) is 13.9 Å². The van der Waals surface area contributed by atoms with Crippen LogP contribution < -0.4 is 19.1 Å². The van der Waals surface area contributed by atoms with Gasteiger partial charge in [0.2, 0.25) is 21.8 Å². The third-order valence-corrected chi connectivity index (χ3v) is 6.71. The van der Waals surface area contributed by atoms with Crippen molar-refractivity contribution in [2.75, 3.05) is 37.9 Å². The van der Waals surface area contributed by atoms with E-state index in [0.717, 1.165) is 20.6 Å². The predicted octanol–water partition coefficient (Wildman–Crippen LogP) is 2.79. The summed E-state index contributed by atoms with van der Waals surface area (Å²) in [6.07, 6.45) is 1.01. The second-order valence-corrected chi connectivity index (χ2v) is 10.4. The van der Waals surface area contributed by atoms with Crippen LogP contribution in [0.3, 0.4) is 0 Å². The van der Waals surface area contributed by atoms with Crippen LogP contribution in [-0.4, -0.2) is 64.7 Å². The van der Waals surface area contributed by atoms with Crippen LogP contribution in [0.25, 0.3) is 0 Å². The summed E-state index contributed by atoms with van der Waals surface area (Å²) in [4.78, 5) is 27.5. The van der Waals surface area contributed by atoms with E-state index in [1.807, 2.05) is 24.3 Å². The fourth-order valence-corrected chi connectivity index (χ4v) is 4.62. The molecule has 34 heavy (non-hydrogen) atoms. The number of carbonyl (C=O) groups is 2. The fraction of sp³-hybridized carbons (Fsp3) is 0.391. The zero-order chi connectivity index (χ0) is 25.5. The molecule has 2 amide bonds. The Morgan fingerprint density at radius 2 is 1.82 bits per heavy atom. The molecule has 1 N–H and O–H groups in total. The maximum Gasteiger partial charge on any atom is 0.244 e. The highest BCUT2D eigenvalue weighted by Crippen LogP contribution is 2.33. The van der Waals surface area contributed by atoms with E-state index >= 15 is 0 Å². The number of carbonyl (C=O) groups excluding carboxylic acids is 2. The smallest absolute Gasteiger partial charge is 0.244 e. The van der Waals surface area contributed by atoms with Gasteiger partial charge in [0.1, 0.15) is 24.1 Å². The molecule has 0 radical (unpaired) electrons. The normalized spacial score (nSPS) is 11.9. The average Bonchev–Trinajstić information content (AvgIpc) is 2.79. The van der Waals surface area contributed by atoms with Crippen molar-refractivity contribution in [2.45, 2.75) is 26.4 Å². The first-order valence-corrected chi connectivity index (χ1v) is 13.2. The Morgan fingerprint density at radius 3 is 2.38 bits per heavy atom. The van der Waals surface area contributed by atoms with E-state index in [1.54, 1.807) is 19.9 Å². The standard InChI is InChI=1S/C23H30BrN3O6S/c1-6-25-23(29)16(2)26(14-17-8-7-9-18(24)12-17)22(28)15-27(34(5,30)31)20-11-10-19(32-3)13-21(20)33-4/h7-13,16H,6,14-15H2,1-5H3,(H,25,29)/t16-/m1/s1. The molecule has 0 unspecified atom stereocenters. The SMILES string of the molecule is CCNC(=O)[C@@H](C)N(Cc1cccc(Br)c1)C(=O)CN(c1ccc(OC)cc1OC)S(C)(=O)=O. The molecule has 2 aromatic carbocycles. The first-order chi connectivity index (χ1) is 16.0. The number of methoxy groups -OCH3 is 2. The number of hydrogen-bond acceptors (Lipinski definition) is 6. The van der Waals surface area contributed by atoms with Crippen molar-refractivity contribution in [3.63, 3.8) is 0 Å². The van der Waals surface area contributed by atoms with Crippen LogP contribution >= 0.6 is 15.9 Å². The lowest BCUT2D eigenvalue weighted by Gasteiger charge is -2.31. The van der Waals surface area contributed by atoms with Gasteiger partial charge < -0.3 is 19.7 Å². The summed E-state index contributed by atoms with van der Waals surface area (Å²) < 4.78 is 37.7. The molecule has 0 saturated carbocycles. The highest BCUT2D eigenvalue weighted by atomic mass is 79.9. The topological polar surface area (TPSA) is 105 Å². The van der Waals surface area contributed by atoms with Crippen LogP contribution in [0.5, 0.6) is 11.5 Å². The van der Waals surface area contributed by atoms with Gasteiger partial charge in [0.25, 0.3) is 0 Å². The summed E-state index contributed by atoms with van der Waals surface area (Å²) in [6, 6.07) is 11.1. The summed E-state index contributed by atoms with van der Waals surface area (Å²) >= 11 is 3.41. The summed E-state index contributed by atoms with van der Waals surface area (Å²) in [5.41, 5.74) is 0.971. The molecule has 0 bridgehead atoms. The van der Waals surface area contributed by atoms with Gasteiger partial charge >= 0.3 is 0 Å². The number of ether oxygens (including phenoxy) is 2. The summed E-state index contributed by atoms with van der Waals surface area (Å²) in [5.74, 6) is -0.171. The van der Waals surface area contributed by atoms with E-state index in [2.05, 4.69) is 21.2 Å². The monoisotopic (exact) mass is 555 g/mol. The molecule has 2 aromatic rings. The molecule has 0 aliphatic heterocycles. The number of nitrogens with one attached hydrogen (secondary N) is 1. The fourth-order valence-electron chi connectivity index (χ4n) is 3.32. The van der Waals surface area contributed by atoms with Gasteiger partial charge in [-0.2, -0.15) is 0 Å². The second-order valence-electron chi connectivity index (χ2n) is 7.53. The molecule has 9 nitrogen and oxygen atoms in total. The maximum atomic E-state index is 13.5. The van der Waals surface area contributed by atoms with E-state index in [0.29, 0.717) is 12.3 Å². The van der Waals surface area contributed by atoms with Crippen LogP contribution in [0.15, 0.2) is 46.9 Å². The lowest BCUT2D eigenvalue weighted by atomic mass is 10.1. The van der Waals surface area contributed by atoms with Crippen LogP contribution in [0.1, 0.15) is 19.4 Å². The Balaban J connectivity index is 2.46. The number of likely N-dealkylation sites (N-methyl/N-ethyl adjacent to an activating group) is 1. The second kappa shape index (κ2) is 12.1. The van der Waals surface area contributed by atoms with Gasteiger partial charge in [-0.05, 0) is 43.7 Å². The zero-order valence-electron chi connectivity index (χ0n) is 19.9. The summed E-state index contributed by atoms with van der Waals surface area (Å²) in [6.45, 7) is 3.40. The predicted molar refractivity (Wildman–Crippen MR) is 135 cm³/mol. The number of sulfonamides is 1. The number of halogens is 1. The molecule has 186 valence electrons. The molecule has 0 heterocycles. The van der Waals surface area contributed by atoms with E-state index < -0.39 is 28.5 Å².